The van der Waals surface area contributed by atoms with Crippen molar-refractivity contribution >= 4 is 44.6 Å². The van der Waals surface area contributed by atoms with Gasteiger partial charge < -0.3 is 26.5 Å². The van der Waals surface area contributed by atoms with Crippen molar-refractivity contribution in [3.8, 4) is 39.6 Å². The predicted octanol–water partition coefficient (Wildman–Crippen LogP) is 17.7. The molecule has 0 saturated heterocycles. The average molecular weight is 1120 g/mol. The minimum atomic E-state index is -0.239. The van der Waals surface area contributed by atoms with E-state index in [2.05, 4.69) is 258 Å². The molecule has 0 spiro atoms. The molecule has 0 N–H and O–H groups in total. The van der Waals surface area contributed by atoms with Crippen molar-refractivity contribution in [2.24, 2.45) is 0 Å². The number of anilines is 4. The van der Waals surface area contributed by atoms with E-state index in [9.17, 15) is 0 Å². The zero-order valence-corrected chi connectivity index (χ0v) is 44.8. The standard InChI is InChI=1S/C65H57N4O.CH3.Pt/c1-63(2,3)49-33-34-66-62(40-49)69-58-31-27-46(44-19-12-9-13-20-44)37-57(58)56-30-29-55(42-60(56)69)70-54-26-18-25-52(41-54)67-43-68(53-36-47(45-21-14-10-15-22-45)35-51(38-53)64(4,5)6)61-39-50(28-32-59(61)67)65(7,8)48-23-16-11-17-24-48;;/h9-40,43H,1-8H3;1H3;/q-3;-1;+4. The molecule has 10 aromatic rings. The molecule has 0 atom stereocenters. The zero-order chi connectivity index (χ0) is 48.4. The van der Waals surface area contributed by atoms with E-state index in [1.807, 2.05) is 24.4 Å². The minimum Gasteiger partial charge on any atom is -0.509 e. The minimum absolute atomic E-state index is 0. The Labute approximate surface area is 441 Å². The van der Waals surface area contributed by atoms with Gasteiger partial charge in [0.25, 0.3) is 0 Å². The van der Waals surface area contributed by atoms with Crippen molar-refractivity contribution in [3.05, 3.63) is 243 Å². The summed E-state index contributed by atoms with van der Waals surface area (Å²) in [5, 5.41) is 2.20. The molecule has 11 rings (SSSR count). The topological polar surface area (TPSA) is 33.5 Å². The Bertz CT molecular complexity index is 3550. The summed E-state index contributed by atoms with van der Waals surface area (Å²) < 4.78 is 9.00. The molecule has 72 heavy (non-hydrogen) atoms. The Morgan fingerprint density at radius 3 is 1.83 bits per heavy atom. The van der Waals surface area contributed by atoms with E-state index in [0.717, 1.165) is 55.9 Å². The first-order valence-electron chi connectivity index (χ1n) is 24.3. The van der Waals surface area contributed by atoms with Gasteiger partial charge in [0.05, 0.1) is 0 Å². The predicted molar refractivity (Wildman–Crippen MR) is 297 cm³/mol. The van der Waals surface area contributed by atoms with E-state index in [1.165, 1.54) is 38.9 Å². The Balaban J connectivity index is 0.00000320. The number of aromatic nitrogens is 2. The normalized spacial score (nSPS) is 12.7. The van der Waals surface area contributed by atoms with E-state index in [1.54, 1.807) is 0 Å². The SMILES string of the molecule is CC(C)(C)c1cc(-c2ccccc2)cc(N2[CH-]N(c3[c-]c(Oc4[c-]c5c(cc4)c4cc(-c6ccccc6)ccc4n5-c4cc(C(C)(C)C)ccn4)ccc3)c3ccc(C(C)(C)c4ccccc4)cc32)c1.[CH3-].[Pt+4]. The van der Waals surface area contributed by atoms with Crippen molar-refractivity contribution in [3.63, 3.8) is 0 Å². The van der Waals surface area contributed by atoms with Crippen molar-refractivity contribution < 1.29 is 25.8 Å². The molecule has 0 aliphatic carbocycles. The van der Waals surface area contributed by atoms with Crippen LogP contribution in [0.5, 0.6) is 11.5 Å². The molecule has 2 aromatic heterocycles. The third kappa shape index (κ3) is 9.39. The van der Waals surface area contributed by atoms with E-state index >= 15 is 0 Å². The van der Waals surface area contributed by atoms with Crippen molar-refractivity contribution in [1.29, 1.82) is 0 Å². The third-order valence-electron chi connectivity index (χ3n) is 13.9. The fourth-order valence-electron chi connectivity index (χ4n) is 9.74. The summed E-state index contributed by atoms with van der Waals surface area (Å²) in [6.45, 7) is 20.4. The van der Waals surface area contributed by atoms with Gasteiger partial charge in [0, 0.05) is 45.7 Å². The van der Waals surface area contributed by atoms with Gasteiger partial charge in [0.1, 0.15) is 5.82 Å². The van der Waals surface area contributed by atoms with Gasteiger partial charge in [-0.3, -0.25) is 0 Å². The van der Waals surface area contributed by atoms with Gasteiger partial charge in [-0.25, -0.2) is 4.98 Å². The number of pyridine rings is 1. The molecule has 0 radical (unpaired) electrons. The molecule has 5 nitrogen and oxygen atoms in total. The first kappa shape index (κ1) is 49.8. The number of hydrogen-bond donors (Lipinski definition) is 0. The Hall–Kier alpha value is -7.20. The molecule has 0 unspecified atom stereocenters. The van der Waals surface area contributed by atoms with Crippen LogP contribution in [-0.2, 0) is 37.3 Å². The molecule has 1 aliphatic rings. The van der Waals surface area contributed by atoms with Gasteiger partial charge in [-0.2, -0.15) is 12.1 Å². The number of benzene rings is 8. The zero-order valence-electron chi connectivity index (χ0n) is 42.6. The number of ether oxygens (including phenoxy) is 1. The van der Waals surface area contributed by atoms with Crippen LogP contribution in [0.4, 0.5) is 22.7 Å². The Kier molecular flexibility index (Phi) is 13.4. The van der Waals surface area contributed by atoms with Gasteiger partial charge in [-0.1, -0.05) is 176 Å². The second-order valence-electron chi connectivity index (χ2n) is 21.1. The van der Waals surface area contributed by atoms with Crippen LogP contribution in [-0.4, -0.2) is 9.55 Å². The molecule has 3 heterocycles. The summed E-state index contributed by atoms with van der Waals surface area (Å²) in [6.07, 6.45) is 1.91. The Morgan fingerprint density at radius 2 is 1.14 bits per heavy atom. The molecule has 8 aromatic carbocycles. The van der Waals surface area contributed by atoms with E-state index in [4.69, 9.17) is 9.72 Å². The van der Waals surface area contributed by atoms with Crippen molar-refractivity contribution in [1.82, 2.24) is 9.55 Å². The summed E-state index contributed by atoms with van der Waals surface area (Å²) >= 11 is 0. The maximum atomic E-state index is 6.78. The summed E-state index contributed by atoms with van der Waals surface area (Å²) in [5.74, 6) is 2.02. The number of nitrogens with zero attached hydrogens (tertiary/aromatic N) is 4. The summed E-state index contributed by atoms with van der Waals surface area (Å²) in [5.41, 5.74) is 15.3. The van der Waals surface area contributed by atoms with Crippen LogP contribution in [0.1, 0.15) is 77.6 Å². The van der Waals surface area contributed by atoms with Crippen LogP contribution in [0.25, 0.3) is 49.9 Å². The monoisotopic (exact) mass is 1120 g/mol. The maximum Gasteiger partial charge on any atom is 4.00 e. The van der Waals surface area contributed by atoms with Gasteiger partial charge >= 0.3 is 21.1 Å². The summed E-state index contributed by atoms with van der Waals surface area (Å²) in [4.78, 5) is 9.52. The quantitative estimate of drug-likeness (QED) is 0.135. The van der Waals surface area contributed by atoms with Crippen LogP contribution in [0.2, 0.25) is 0 Å². The fourth-order valence-corrected chi connectivity index (χ4v) is 9.74. The first-order valence-corrected chi connectivity index (χ1v) is 24.3. The molecular formula is C66H60N4OPt. The van der Waals surface area contributed by atoms with Crippen LogP contribution in [0, 0.1) is 26.2 Å². The van der Waals surface area contributed by atoms with Gasteiger partial charge in [-0.15, -0.1) is 48.1 Å². The second kappa shape index (κ2) is 19.4. The van der Waals surface area contributed by atoms with Crippen LogP contribution < -0.4 is 14.5 Å². The van der Waals surface area contributed by atoms with E-state index < -0.39 is 0 Å². The Morgan fingerprint density at radius 1 is 0.472 bits per heavy atom. The average Bonchev–Trinajstić information content (AvgIpc) is 3.92. The molecule has 1 aliphatic heterocycles. The van der Waals surface area contributed by atoms with E-state index in [-0.39, 0.29) is 44.7 Å². The molecule has 6 heteroatoms. The van der Waals surface area contributed by atoms with E-state index in [0.29, 0.717) is 11.5 Å². The van der Waals surface area contributed by atoms with Crippen LogP contribution in [0.3, 0.4) is 0 Å². The third-order valence-corrected chi connectivity index (χ3v) is 13.9. The van der Waals surface area contributed by atoms with Gasteiger partial charge in [0.2, 0.25) is 0 Å². The van der Waals surface area contributed by atoms with Crippen molar-refractivity contribution in [2.75, 3.05) is 9.80 Å². The smallest absolute Gasteiger partial charge is 0.509 e. The maximum absolute atomic E-state index is 6.78. The van der Waals surface area contributed by atoms with Crippen LogP contribution >= 0.6 is 0 Å². The molecular weight excluding hydrogens is 1060 g/mol. The molecule has 0 fully saturated rings. The second-order valence-corrected chi connectivity index (χ2v) is 21.1. The number of hydrogen-bond acceptors (Lipinski definition) is 4. The number of rotatable bonds is 9. The van der Waals surface area contributed by atoms with Crippen LogP contribution in [0.15, 0.2) is 194 Å². The largest absolute Gasteiger partial charge is 4.00 e. The molecule has 360 valence electrons. The molecule has 0 saturated carbocycles. The van der Waals surface area contributed by atoms with Gasteiger partial charge in [-0.05, 0) is 103 Å². The summed E-state index contributed by atoms with van der Waals surface area (Å²) in [6, 6.07) is 74.5. The van der Waals surface area contributed by atoms with Gasteiger partial charge in [0.15, 0.2) is 0 Å². The van der Waals surface area contributed by atoms with Crippen molar-refractivity contribution in [2.45, 2.75) is 71.6 Å². The summed E-state index contributed by atoms with van der Waals surface area (Å²) in [7, 11) is 0. The molecule has 0 amide bonds. The molecule has 0 bridgehead atoms. The first-order chi connectivity index (χ1) is 33.7. The fraction of sp³-hybridized carbons (Fsp3) is 0.167. The number of fused-ring (bicyclic) bond motifs is 4.